The molecule has 0 heterocycles. The Balaban J connectivity index is 2.34. The van der Waals surface area contributed by atoms with Crippen LogP contribution in [0.25, 0.3) is 0 Å². The monoisotopic (exact) mass is 233 g/mol. The molecule has 0 aliphatic carbocycles. The van der Waals surface area contributed by atoms with Gasteiger partial charge in [0.25, 0.3) is 0 Å². The van der Waals surface area contributed by atoms with Gasteiger partial charge < -0.3 is 5.73 Å². The Morgan fingerprint density at radius 2 is 1.76 bits per heavy atom. The second-order valence-electron chi connectivity index (χ2n) is 4.60. The first-order chi connectivity index (χ1) is 8.22. The predicted octanol–water partition coefficient (Wildman–Crippen LogP) is 3.23. The third-order valence-electron chi connectivity index (χ3n) is 2.95. The number of nitrogens with two attached hydrogens (primary N) is 1. The van der Waals surface area contributed by atoms with E-state index in [1.807, 2.05) is 0 Å². The maximum atomic E-state index is 10.6. The molecule has 0 spiro atoms. The van der Waals surface area contributed by atoms with E-state index < -0.39 is 0 Å². The van der Waals surface area contributed by atoms with Gasteiger partial charge in [0.1, 0.15) is 0 Å². The highest BCUT2D eigenvalue weighted by molar-refractivity contribution is 5.73. The second kappa shape index (κ2) is 7.88. The van der Waals surface area contributed by atoms with Crippen molar-refractivity contribution >= 4 is 5.91 Å². The van der Waals surface area contributed by atoms with Crippen molar-refractivity contribution in [2.75, 3.05) is 0 Å². The largest absolute Gasteiger partial charge is 0.370 e. The van der Waals surface area contributed by atoms with Crippen molar-refractivity contribution in [1.82, 2.24) is 0 Å². The summed E-state index contributed by atoms with van der Waals surface area (Å²) in [5, 5.41) is 0. The van der Waals surface area contributed by atoms with Crippen LogP contribution >= 0.6 is 0 Å². The van der Waals surface area contributed by atoms with Crippen LogP contribution in [0.5, 0.6) is 0 Å². The number of primary amides is 1. The van der Waals surface area contributed by atoms with Crippen molar-refractivity contribution < 1.29 is 4.79 Å². The molecule has 0 fully saturated rings. The third kappa shape index (κ3) is 6.10. The third-order valence-corrected chi connectivity index (χ3v) is 2.95. The lowest BCUT2D eigenvalue weighted by Crippen LogP contribution is -2.09. The van der Waals surface area contributed by atoms with Crippen LogP contribution in [0, 0.1) is 0 Å². The molecule has 1 aromatic carbocycles. The predicted molar refractivity (Wildman–Crippen MR) is 71.8 cm³/mol. The number of aryl methyl sites for hydroxylation is 2. The van der Waals surface area contributed by atoms with Gasteiger partial charge in [0.05, 0.1) is 0 Å². The maximum absolute atomic E-state index is 10.6. The van der Waals surface area contributed by atoms with E-state index in [-0.39, 0.29) is 5.91 Å². The molecule has 0 radical (unpaired) electrons. The normalized spacial score (nSPS) is 10.4. The summed E-state index contributed by atoms with van der Waals surface area (Å²) in [5.74, 6) is -0.193. The Kier molecular flexibility index (Phi) is 6.38. The molecule has 2 nitrogen and oxygen atoms in total. The second-order valence-corrected chi connectivity index (χ2v) is 4.60. The molecule has 0 aliphatic rings. The Hall–Kier alpha value is -1.31. The molecule has 0 atom stereocenters. The Morgan fingerprint density at radius 1 is 1.12 bits per heavy atom. The number of hydrogen-bond acceptors (Lipinski definition) is 1. The van der Waals surface area contributed by atoms with Crippen LogP contribution < -0.4 is 5.73 Å². The smallest absolute Gasteiger partial charge is 0.217 e. The zero-order valence-corrected chi connectivity index (χ0v) is 10.7. The number of hydrogen-bond donors (Lipinski definition) is 1. The molecule has 0 saturated heterocycles. The highest BCUT2D eigenvalue weighted by atomic mass is 16.1. The number of carbonyl (C=O) groups excluding carboxylic acids is 1. The van der Waals surface area contributed by atoms with E-state index in [1.165, 1.54) is 30.4 Å². The molecule has 94 valence electrons. The maximum Gasteiger partial charge on any atom is 0.217 e. The van der Waals surface area contributed by atoms with Crippen LogP contribution in [0.2, 0.25) is 0 Å². The minimum Gasteiger partial charge on any atom is -0.370 e. The number of unbranched alkanes of at least 4 members (excludes halogenated alkanes) is 2. The van der Waals surface area contributed by atoms with Crippen LogP contribution in [0.3, 0.4) is 0 Å². The van der Waals surface area contributed by atoms with Crippen molar-refractivity contribution in [3.8, 4) is 0 Å². The Labute approximate surface area is 104 Å². The van der Waals surface area contributed by atoms with Gasteiger partial charge in [0, 0.05) is 6.42 Å². The molecule has 0 saturated carbocycles. The summed E-state index contributed by atoms with van der Waals surface area (Å²) in [4.78, 5) is 10.6. The number of rotatable bonds is 8. The first kappa shape index (κ1) is 13.8. The van der Waals surface area contributed by atoms with E-state index in [2.05, 4.69) is 31.2 Å². The van der Waals surface area contributed by atoms with Gasteiger partial charge in [-0.05, 0) is 43.2 Å². The molecular weight excluding hydrogens is 210 g/mol. The van der Waals surface area contributed by atoms with Gasteiger partial charge in [-0.15, -0.1) is 0 Å². The highest BCUT2D eigenvalue weighted by Crippen LogP contribution is 2.11. The molecule has 1 rings (SSSR count). The lowest BCUT2D eigenvalue weighted by Gasteiger charge is -2.04. The van der Waals surface area contributed by atoms with Crippen LogP contribution in [0.4, 0.5) is 0 Å². The number of carbonyl (C=O) groups is 1. The molecule has 1 amide bonds. The quantitative estimate of drug-likeness (QED) is 0.688. The molecule has 0 aliphatic heterocycles. The summed E-state index contributed by atoms with van der Waals surface area (Å²) in [6, 6.07) is 8.79. The summed E-state index contributed by atoms with van der Waals surface area (Å²) in [7, 11) is 0. The van der Waals surface area contributed by atoms with Crippen LogP contribution in [-0.2, 0) is 17.6 Å². The van der Waals surface area contributed by atoms with Crippen molar-refractivity contribution in [3.05, 3.63) is 35.4 Å². The zero-order chi connectivity index (χ0) is 12.5. The van der Waals surface area contributed by atoms with Gasteiger partial charge in [-0.2, -0.15) is 0 Å². The first-order valence-electron chi connectivity index (χ1n) is 6.58. The number of amides is 1. The summed E-state index contributed by atoms with van der Waals surface area (Å²) in [5.41, 5.74) is 7.92. The van der Waals surface area contributed by atoms with Gasteiger partial charge in [0.2, 0.25) is 5.91 Å². The fourth-order valence-corrected chi connectivity index (χ4v) is 1.95. The molecule has 0 unspecified atom stereocenters. The van der Waals surface area contributed by atoms with E-state index in [9.17, 15) is 4.79 Å². The van der Waals surface area contributed by atoms with E-state index in [0.29, 0.717) is 6.42 Å². The molecule has 2 heteroatoms. The van der Waals surface area contributed by atoms with Crippen LogP contribution in [-0.4, -0.2) is 5.91 Å². The van der Waals surface area contributed by atoms with Gasteiger partial charge in [-0.3, -0.25) is 4.79 Å². The highest BCUT2D eigenvalue weighted by Gasteiger charge is 1.98. The SMILES string of the molecule is CCCCc1cccc(CCCCC(N)=O)c1. The average Bonchev–Trinajstić information content (AvgIpc) is 2.32. The molecule has 17 heavy (non-hydrogen) atoms. The van der Waals surface area contributed by atoms with E-state index in [4.69, 9.17) is 5.73 Å². The van der Waals surface area contributed by atoms with E-state index in [1.54, 1.807) is 0 Å². The van der Waals surface area contributed by atoms with Gasteiger partial charge in [-0.1, -0.05) is 37.6 Å². The fraction of sp³-hybridized carbons (Fsp3) is 0.533. The minimum atomic E-state index is -0.193. The topological polar surface area (TPSA) is 43.1 Å². The first-order valence-corrected chi connectivity index (χ1v) is 6.58. The minimum absolute atomic E-state index is 0.193. The van der Waals surface area contributed by atoms with Crippen molar-refractivity contribution in [2.45, 2.75) is 51.9 Å². The molecule has 0 bridgehead atoms. The lowest BCUT2D eigenvalue weighted by molar-refractivity contribution is -0.118. The van der Waals surface area contributed by atoms with Gasteiger partial charge in [0.15, 0.2) is 0 Å². The summed E-state index contributed by atoms with van der Waals surface area (Å²) >= 11 is 0. The molecular formula is C15H23NO. The van der Waals surface area contributed by atoms with Crippen molar-refractivity contribution in [2.24, 2.45) is 5.73 Å². The lowest BCUT2D eigenvalue weighted by atomic mass is 10.0. The standard InChI is InChI=1S/C15H23NO/c1-2-3-7-13-9-6-10-14(12-13)8-4-5-11-15(16)17/h6,9-10,12H,2-5,7-8,11H2,1H3,(H2,16,17). The summed E-state index contributed by atoms with van der Waals surface area (Å²) in [6.07, 6.45) is 7.16. The summed E-state index contributed by atoms with van der Waals surface area (Å²) < 4.78 is 0. The van der Waals surface area contributed by atoms with Gasteiger partial charge >= 0.3 is 0 Å². The fourth-order valence-electron chi connectivity index (χ4n) is 1.95. The Morgan fingerprint density at radius 3 is 2.35 bits per heavy atom. The van der Waals surface area contributed by atoms with Crippen molar-refractivity contribution in [1.29, 1.82) is 0 Å². The molecule has 2 N–H and O–H groups in total. The van der Waals surface area contributed by atoms with Crippen molar-refractivity contribution in [3.63, 3.8) is 0 Å². The van der Waals surface area contributed by atoms with Crippen LogP contribution in [0.15, 0.2) is 24.3 Å². The van der Waals surface area contributed by atoms with Crippen LogP contribution in [0.1, 0.15) is 50.2 Å². The average molecular weight is 233 g/mol. The van der Waals surface area contributed by atoms with E-state index >= 15 is 0 Å². The van der Waals surface area contributed by atoms with E-state index in [0.717, 1.165) is 19.3 Å². The molecule has 1 aromatic rings. The molecule has 0 aromatic heterocycles. The number of benzene rings is 1. The van der Waals surface area contributed by atoms with Gasteiger partial charge in [-0.25, -0.2) is 0 Å². The summed E-state index contributed by atoms with van der Waals surface area (Å²) in [6.45, 7) is 2.22. The Bertz CT molecular complexity index is 347. The zero-order valence-electron chi connectivity index (χ0n) is 10.7.